The molecule has 1 saturated carbocycles. The number of nitrogens with zero attached hydrogens (tertiary/aromatic N) is 1. The molecule has 1 saturated heterocycles. The zero-order valence-corrected chi connectivity index (χ0v) is 9.17. The minimum absolute atomic E-state index is 0.0140. The van der Waals surface area contributed by atoms with E-state index in [1.165, 1.54) is 19.3 Å². The first-order valence-electron chi connectivity index (χ1n) is 5.89. The fraction of sp³-hybridized carbons (Fsp3) is 0.909. The zero-order valence-electron chi connectivity index (χ0n) is 9.17. The third kappa shape index (κ3) is 2.25. The molecule has 0 aromatic heterocycles. The summed E-state index contributed by atoms with van der Waals surface area (Å²) in [6.07, 6.45) is 5.78. The molecule has 2 rings (SSSR count). The van der Waals surface area contributed by atoms with Crippen LogP contribution in [0.25, 0.3) is 0 Å². The number of amides is 2. The monoisotopic (exact) mass is 212 g/mol. The molecule has 0 radical (unpaired) electrons. The lowest BCUT2D eigenvalue weighted by molar-refractivity contribution is 0.0562. The second-order valence-corrected chi connectivity index (χ2v) is 4.87. The van der Waals surface area contributed by atoms with Crippen LogP contribution in [0, 0.1) is 5.41 Å². The fourth-order valence-electron chi connectivity index (χ4n) is 2.73. The number of carbonyl (C=O) groups excluding carboxylic acids is 1. The summed E-state index contributed by atoms with van der Waals surface area (Å²) in [6.45, 7) is 2.49. The minimum Gasteiger partial charge on any atom is -0.396 e. The zero-order chi connectivity index (χ0) is 10.7. The minimum atomic E-state index is -0.0140. The number of carbonyl (C=O) groups is 1. The lowest BCUT2D eigenvalue weighted by atomic mass is 9.74. The Hall–Kier alpha value is -0.770. The number of urea groups is 1. The third-order valence-corrected chi connectivity index (χ3v) is 3.72. The molecule has 1 heterocycles. The van der Waals surface area contributed by atoms with Gasteiger partial charge in [-0.1, -0.05) is 19.3 Å². The van der Waals surface area contributed by atoms with Crippen LogP contribution in [0.4, 0.5) is 4.79 Å². The number of hydrogen-bond donors (Lipinski definition) is 2. The molecule has 4 nitrogen and oxygen atoms in total. The molecule has 0 aromatic rings. The van der Waals surface area contributed by atoms with Crippen molar-refractivity contribution < 1.29 is 9.90 Å². The third-order valence-electron chi connectivity index (χ3n) is 3.72. The van der Waals surface area contributed by atoms with Crippen molar-refractivity contribution in [3.8, 4) is 0 Å². The standard InChI is InChI=1S/C11H20N2O2/c14-9-11(4-2-1-3-5-11)8-13-7-6-12-10(13)15/h14H,1-9H2,(H,12,15). The van der Waals surface area contributed by atoms with Crippen molar-refractivity contribution in [3.63, 3.8) is 0 Å². The van der Waals surface area contributed by atoms with Crippen LogP contribution in [0.5, 0.6) is 0 Å². The molecule has 0 unspecified atom stereocenters. The second kappa shape index (κ2) is 4.39. The van der Waals surface area contributed by atoms with E-state index in [-0.39, 0.29) is 18.1 Å². The summed E-state index contributed by atoms with van der Waals surface area (Å²) in [5.41, 5.74) is -0.0140. The highest BCUT2D eigenvalue weighted by Crippen LogP contribution is 2.36. The van der Waals surface area contributed by atoms with Gasteiger partial charge in [-0.25, -0.2) is 4.79 Å². The van der Waals surface area contributed by atoms with E-state index in [2.05, 4.69) is 5.32 Å². The maximum Gasteiger partial charge on any atom is 0.317 e. The Morgan fingerprint density at radius 1 is 1.33 bits per heavy atom. The maximum atomic E-state index is 11.4. The predicted molar refractivity (Wildman–Crippen MR) is 57.6 cm³/mol. The van der Waals surface area contributed by atoms with Crippen molar-refractivity contribution in [1.82, 2.24) is 10.2 Å². The molecule has 2 amide bonds. The first-order valence-corrected chi connectivity index (χ1v) is 5.89. The smallest absolute Gasteiger partial charge is 0.317 e. The molecule has 1 aliphatic carbocycles. The van der Waals surface area contributed by atoms with Crippen molar-refractivity contribution in [1.29, 1.82) is 0 Å². The molecule has 0 aromatic carbocycles. The van der Waals surface area contributed by atoms with Gasteiger partial charge in [-0.15, -0.1) is 0 Å². The van der Waals surface area contributed by atoms with Crippen molar-refractivity contribution >= 4 is 6.03 Å². The van der Waals surface area contributed by atoms with Crippen LogP contribution < -0.4 is 5.32 Å². The van der Waals surface area contributed by atoms with Gasteiger partial charge in [0.25, 0.3) is 0 Å². The Morgan fingerprint density at radius 2 is 2.07 bits per heavy atom. The van der Waals surface area contributed by atoms with Gasteiger partial charge >= 0.3 is 6.03 Å². The van der Waals surface area contributed by atoms with Crippen molar-refractivity contribution in [2.75, 3.05) is 26.2 Å². The maximum absolute atomic E-state index is 11.4. The molecule has 1 aliphatic heterocycles. The molecule has 0 spiro atoms. The summed E-state index contributed by atoms with van der Waals surface area (Å²) in [5, 5.41) is 12.3. The summed E-state index contributed by atoms with van der Waals surface area (Å²) >= 11 is 0. The first kappa shape index (κ1) is 10.7. The van der Waals surface area contributed by atoms with E-state index in [1.807, 2.05) is 4.90 Å². The second-order valence-electron chi connectivity index (χ2n) is 4.87. The average molecular weight is 212 g/mol. The Labute approximate surface area is 90.6 Å². The number of rotatable bonds is 3. The van der Waals surface area contributed by atoms with Crippen molar-refractivity contribution in [2.24, 2.45) is 5.41 Å². The highest BCUT2D eigenvalue weighted by Gasteiger charge is 2.35. The van der Waals surface area contributed by atoms with Gasteiger partial charge in [0, 0.05) is 25.0 Å². The van der Waals surface area contributed by atoms with Gasteiger partial charge in [-0.05, 0) is 12.8 Å². The molecule has 15 heavy (non-hydrogen) atoms. The van der Waals surface area contributed by atoms with Crippen LogP contribution in [-0.2, 0) is 0 Å². The van der Waals surface area contributed by atoms with Crippen LogP contribution in [0.1, 0.15) is 32.1 Å². The number of aliphatic hydroxyl groups excluding tert-OH is 1. The molecule has 0 bridgehead atoms. The van der Waals surface area contributed by atoms with Crippen LogP contribution >= 0.6 is 0 Å². The van der Waals surface area contributed by atoms with Crippen LogP contribution in [0.15, 0.2) is 0 Å². The molecule has 0 atom stereocenters. The SMILES string of the molecule is O=C1NCCN1CC1(CO)CCCCC1. The molecular weight excluding hydrogens is 192 g/mol. The van der Waals surface area contributed by atoms with E-state index < -0.39 is 0 Å². The van der Waals surface area contributed by atoms with E-state index >= 15 is 0 Å². The molecule has 2 N–H and O–H groups in total. The number of aliphatic hydroxyl groups is 1. The fourth-order valence-corrected chi connectivity index (χ4v) is 2.73. The topological polar surface area (TPSA) is 52.6 Å². The van der Waals surface area contributed by atoms with Gasteiger partial charge in [0.2, 0.25) is 0 Å². The van der Waals surface area contributed by atoms with E-state index in [0.29, 0.717) is 0 Å². The Morgan fingerprint density at radius 3 is 2.60 bits per heavy atom. The number of hydrogen-bond acceptors (Lipinski definition) is 2. The molecule has 86 valence electrons. The van der Waals surface area contributed by atoms with Crippen molar-refractivity contribution in [3.05, 3.63) is 0 Å². The molecule has 2 aliphatic rings. The van der Waals surface area contributed by atoms with Crippen LogP contribution in [0.2, 0.25) is 0 Å². The predicted octanol–water partition coefficient (Wildman–Crippen LogP) is 0.954. The Balaban J connectivity index is 1.97. The lowest BCUT2D eigenvalue weighted by Crippen LogP contribution is -2.43. The van der Waals surface area contributed by atoms with Gasteiger partial charge in [0.15, 0.2) is 0 Å². The van der Waals surface area contributed by atoms with E-state index in [0.717, 1.165) is 32.5 Å². The Bertz CT molecular complexity index is 237. The molecule has 4 heteroatoms. The largest absolute Gasteiger partial charge is 0.396 e. The van der Waals surface area contributed by atoms with E-state index in [1.54, 1.807) is 0 Å². The van der Waals surface area contributed by atoms with Gasteiger partial charge < -0.3 is 15.3 Å². The normalized spacial score (nSPS) is 25.4. The summed E-state index contributed by atoms with van der Waals surface area (Å²) in [7, 11) is 0. The summed E-state index contributed by atoms with van der Waals surface area (Å²) < 4.78 is 0. The Kier molecular flexibility index (Phi) is 3.14. The highest BCUT2D eigenvalue weighted by atomic mass is 16.3. The van der Waals surface area contributed by atoms with Crippen molar-refractivity contribution in [2.45, 2.75) is 32.1 Å². The highest BCUT2D eigenvalue weighted by molar-refractivity contribution is 5.76. The van der Waals surface area contributed by atoms with Gasteiger partial charge in [-0.3, -0.25) is 0 Å². The first-order chi connectivity index (χ1) is 7.26. The van der Waals surface area contributed by atoms with Gasteiger partial charge in [-0.2, -0.15) is 0 Å². The summed E-state index contributed by atoms with van der Waals surface area (Å²) in [4.78, 5) is 13.3. The lowest BCUT2D eigenvalue weighted by Gasteiger charge is -2.38. The van der Waals surface area contributed by atoms with Gasteiger partial charge in [0.05, 0.1) is 6.61 Å². The van der Waals surface area contributed by atoms with E-state index in [9.17, 15) is 9.90 Å². The van der Waals surface area contributed by atoms with Crippen LogP contribution in [0.3, 0.4) is 0 Å². The van der Waals surface area contributed by atoms with Crippen LogP contribution in [-0.4, -0.2) is 42.3 Å². The molecular formula is C11H20N2O2. The summed E-state index contributed by atoms with van der Waals surface area (Å²) in [6, 6.07) is 0.0356. The average Bonchev–Trinajstić information content (AvgIpc) is 2.66. The number of nitrogens with one attached hydrogen (secondary N) is 1. The quantitative estimate of drug-likeness (QED) is 0.732. The van der Waals surface area contributed by atoms with Gasteiger partial charge in [0.1, 0.15) is 0 Å². The van der Waals surface area contributed by atoms with E-state index in [4.69, 9.17) is 0 Å². The molecule has 2 fully saturated rings. The summed E-state index contributed by atoms with van der Waals surface area (Å²) in [5.74, 6) is 0.